The number of aliphatic hydroxyl groups is 1. The third kappa shape index (κ3) is 4.01. The van der Waals surface area contributed by atoms with E-state index in [4.69, 9.17) is 14.6 Å². The molecular weight excluding hydrogens is 206 g/mol. The second-order valence-electron chi connectivity index (χ2n) is 5.32. The Hall–Kier alpha value is -0.160. The highest BCUT2D eigenvalue weighted by Gasteiger charge is 2.36. The van der Waals surface area contributed by atoms with Gasteiger partial charge in [0.1, 0.15) is 0 Å². The summed E-state index contributed by atoms with van der Waals surface area (Å²) in [4.78, 5) is 0. The van der Waals surface area contributed by atoms with Gasteiger partial charge in [0, 0.05) is 13.7 Å². The van der Waals surface area contributed by atoms with Crippen LogP contribution in [0.3, 0.4) is 0 Å². The van der Waals surface area contributed by atoms with Gasteiger partial charge < -0.3 is 19.9 Å². The summed E-state index contributed by atoms with van der Waals surface area (Å²) in [5, 5.41) is 12.4. The minimum Gasteiger partial charge on any atom is -0.396 e. The summed E-state index contributed by atoms with van der Waals surface area (Å²) >= 11 is 0. The Bertz CT molecular complexity index is 203. The lowest BCUT2D eigenvalue weighted by Crippen LogP contribution is -2.46. The highest BCUT2D eigenvalue weighted by Crippen LogP contribution is 2.23. The number of rotatable bonds is 5. The molecule has 0 saturated carbocycles. The standard InChI is InChI=1S/C12H25NO3/c1-12(2,3)16-10-5-7-13-11(10)9(15-4)6-8-14/h9-11,13-14H,5-8H2,1-4H3/t9-,10+,11-/m1/s1. The molecule has 0 unspecified atom stereocenters. The first kappa shape index (κ1) is 13.9. The van der Waals surface area contributed by atoms with Crippen molar-refractivity contribution in [3.8, 4) is 0 Å². The first-order valence-electron chi connectivity index (χ1n) is 6.03. The van der Waals surface area contributed by atoms with Crippen molar-refractivity contribution in [3.63, 3.8) is 0 Å². The van der Waals surface area contributed by atoms with Crippen molar-refractivity contribution in [1.82, 2.24) is 5.32 Å². The second kappa shape index (κ2) is 5.96. The highest BCUT2D eigenvalue weighted by molar-refractivity contribution is 4.91. The van der Waals surface area contributed by atoms with Gasteiger partial charge in [-0.05, 0) is 40.2 Å². The van der Waals surface area contributed by atoms with Gasteiger partial charge in [-0.25, -0.2) is 0 Å². The van der Waals surface area contributed by atoms with Crippen LogP contribution in [0.1, 0.15) is 33.6 Å². The zero-order valence-corrected chi connectivity index (χ0v) is 10.8. The Morgan fingerprint density at radius 2 is 2.12 bits per heavy atom. The molecule has 0 amide bonds. The Balaban J connectivity index is 2.56. The average molecular weight is 231 g/mol. The molecule has 4 heteroatoms. The van der Waals surface area contributed by atoms with E-state index in [-0.39, 0.29) is 30.5 Å². The lowest BCUT2D eigenvalue weighted by molar-refractivity contribution is -0.0867. The minimum absolute atomic E-state index is 0.0276. The van der Waals surface area contributed by atoms with Crippen molar-refractivity contribution in [2.45, 2.75) is 57.5 Å². The largest absolute Gasteiger partial charge is 0.396 e. The molecule has 1 heterocycles. The molecule has 0 aliphatic carbocycles. The van der Waals surface area contributed by atoms with Gasteiger partial charge in [-0.3, -0.25) is 0 Å². The van der Waals surface area contributed by atoms with Crippen LogP contribution in [0.25, 0.3) is 0 Å². The molecular formula is C12H25NO3. The van der Waals surface area contributed by atoms with Crippen molar-refractivity contribution < 1.29 is 14.6 Å². The monoisotopic (exact) mass is 231 g/mol. The van der Waals surface area contributed by atoms with Crippen LogP contribution in [-0.4, -0.2) is 49.2 Å². The molecule has 1 aliphatic rings. The van der Waals surface area contributed by atoms with E-state index in [9.17, 15) is 0 Å². The fourth-order valence-electron chi connectivity index (χ4n) is 2.23. The molecule has 96 valence electrons. The highest BCUT2D eigenvalue weighted by atomic mass is 16.5. The van der Waals surface area contributed by atoms with Crippen molar-refractivity contribution in [2.24, 2.45) is 0 Å². The SMILES string of the molecule is CO[C@H](CCO)[C@H]1NCC[C@@H]1OC(C)(C)C. The van der Waals surface area contributed by atoms with Crippen LogP contribution in [-0.2, 0) is 9.47 Å². The number of aliphatic hydroxyl groups excluding tert-OH is 1. The van der Waals surface area contributed by atoms with Crippen LogP contribution >= 0.6 is 0 Å². The van der Waals surface area contributed by atoms with Gasteiger partial charge in [0.15, 0.2) is 0 Å². The van der Waals surface area contributed by atoms with E-state index in [0.29, 0.717) is 6.42 Å². The smallest absolute Gasteiger partial charge is 0.0772 e. The normalized spacial score (nSPS) is 28.3. The molecule has 3 atom stereocenters. The van der Waals surface area contributed by atoms with Crippen molar-refractivity contribution in [3.05, 3.63) is 0 Å². The van der Waals surface area contributed by atoms with Crippen molar-refractivity contribution >= 4 is 0 Å². The second-order valence-corrected chi connectivity index (χ2v) is 5.32. The molecule has 2 N–H and O–H groups in total. The minimum atomic E-state index is -0.132. The van der Waals surface area contributed by atoms with Gasteiger partial charge in [0.2, 0.25) is 0 Å². The average Bonchev–Trinajstić information content (AvgIpc) is 2.59. The van der Waals surface area contributed by atoms with E-state index in [1.54, 1.807) is 7.11 Å². The van der Waals surface area contributed by atoms with E-state index in [1.807, 2.05) is 0 Å². The molecule has 0 spiro atoms. The Morgan fingerprint density at radius 1 is 1.44 bits per heavy atom. The third-order valence-corrected chi connectivity index (χ3v) is 2.83. The predicted octanol–water partition coefficient (Wildman–Crippen LogP) is 0.929. The molecule has 1 rings (SSSR count). The molecule has 0 bridgehead atoms. The maximum absolute atomic E-state index is 9.00. The number of methoxy groups -OCH3 is 1. The summed E-state index contributed by atoms with van der Waals surface area (Å²) in [6, 6.07) is 0.191. The van der Waals surface area contributed by atoms with Crippen LogP contribution in [0.5, 0.6) is 0 Å². The number of hydrogen-bond donors (Lipinski definition) is 2. The summed E-state index contributed by atoms with van der Waals surface area (Å²) in [7, 11) is 1.69. The maximum atomic E-state index is 9.00. The predicted molar refractivity (Wildman–Crippen MR) is 63.5 cm³/mol. The van der Waals surface area contributed by atoms with Gasteiger partial charge in [-0.1, -0.05) is 0 Å². The van der Waals surface area contributed by atoms with Crippen LogP contribution in [0.15, 0.2) is 0 Å². The fraction of sp³-hybridized carbons (Fsp3) is 1.00. The van der Waals surface area contributed by atoms with Gasteiger partial charge in [-0.2, -0.15) is 0 Å². The topological polar surface area (TPSA) is 50.7 Å². The van der Waals surface area contributed by atoms with E-state index in [1.165, 1.54) is 0 Å². The first-order chi connectivity index (χ1) is 7.48. The Labute approximate surface area is 98.3 Å². The summed E-state index contributed by atoms with van der Waals surface area (Å²) < 4.78 is 11.4. The Morgan fingerprint density at radius 3 is 2.62 bits per heavy atom. The molecule has 1 aliphatic heterocycles. The van der Waals surface area contributed by atoms with Gasteiger partial charge in [-0.15, -0.1) is 0 Å². The molecule has 1 saturated heterocycles. The van der Waals surface area contributed by atoms with Crippen molar-refractivity contribution in [2.75, 3.05) is 20.3 Å². The number of ether oxygens (including phenoxy) is 2. The molecule has 4 nitrogen and oxygen atoms in total. The Kier molecular flexibility index (Phi) is 5.18. The van der Waals surface area contributed by atoms with Gasteiger partial charge in [0.05, 0.1) is 23.9 Å². The molecule has 0 radical (unpaired) electrons. The van der Waals surface area contributed by atoms with Crippen LogP contribution in [0.4, 0.5) is 0 Å². The zero-order chi connectivity index (χ0) is 12.2. The summed E-state index contributed by atoms with van der Waals surface area (Å²) in [5.74, 6) is 0. The fourth-order valence-corrected chi connectivity index (χ4v) is 2.23. The van der Waals surface area contributed by atoms with E-state index < -0.39 is 0 Å². The molecule has 0 aromatic rings. The van der Waals surface area contributed by atoms with Crippen molar-refractivity contribution in [1.29, 1.82) is 0 Å². The number of nitrogens with one attached hydrogen (secondary N) is 1. The lowest BCUT2D eigenvalue weighted by atomic mass is 10.0. The number of hydrogen-bond acceptors (Lipinski definition) is 4. The summed E-state index contributed by atoms with van der Waals surface area (Å²) in [6.45, 7) is 7.30. The first-order valence-corrected chi connectivity index (χ1v) is 6.03. The molecule has 0 aromatic heterocycles. The summed E-state index contributed by atoms with van der Waals surface area (Å²) in [5.41, 5.74) is -0.132. The zero-order valence-electron chi connectivity index (χ0n) is 10.8. The van der Waals surface area contributed by atoms with Crippen LogP contribution in [0, 0.1) is 0 Å². The summed E-state index contributed by atoms with van der Waals surface area (Å²) in [6.07, 6.45) is 1.86. The van der Waals surface area contributed by atoms with Gasteiger partial charge in [0.25, 0.3) is 0 Å². The third-order valence-electron chi connectivity index (χ3n) is 2.83. The lowest BCUT2D eigenvalue weighted by Gasteiger charge is -2.32. The molecule has 0 aromatic carbocycles. The van der Waals surface area contributed by atoms with E-state index in [2.05, 4.69) is 26.1 Å². The van der Waals surface area contributed by atoms with E-state index in [0.717, 1.165) is 13.0 Å². The van der Waals surface area contributed by atoms with E-state index >= 15 is 0 Å². The van der Waals surface area contributed by atoms with Crippen LogP contribution in [0.2, 0.25) is 0 Å². The maximum Gasteiger partial charge on any atom is 0.0772 e. The quantitative estimate of drug-likeness (QED) is 0.739. The molecule has 1 fully saturated rings. The molecule has 16 heavy (non-hydrogen) atoms. The van der Waals surface area contributed by atoms with Crippen LogP contribution < -0.4 is 5.32 Å². The van der Waals surface area contributed by atoms with Gasteiger partial charge >= 0.3 is 0 Å².